The smallest absolute Gasteiger partial charge is 0.0768 e. The largest absolute Gasteiger partial charge is 0.396 e. The van der Waals surface area contributed by atoms with E-state index >= 15 is 0 Å². The highest BCUT2D eigenvalue weighted by Crippen LogP contribution is 2.31. The van der Waals surface area contributed by atoms with E-state index in [0.717, 1.165) is 12.5 Å². The SMILES string of the molecule is [NH3+]CC1CC(CO)C1. The van der Waals surface area contributed by atoms with Crippen LogP contribution in [0.25, 0.3) is 0 Å². The first-order valence-corrected chi connectivity index (χ1v) is 3.27. The predicted octanol–water partition coefficient (Wildman–Crippen LogP) is -0.753. The lowest BCUT2D eigenvalue weighted by Gasteiger charge is -2.31. The van der Waals surface area contributed by atoms with Gasteiger partial charge in [-0.15, -0.1) is 0 Å². The second kappa shape index (κ2) is 2.46. The summed E-state index contributed by atoms with van der Waals surface area (Å²) in [5.41, 5.74) is 3.79. The molecule has 0 aromatic carbocycles. The molecule has 0 heterocycles. The van der Waals surface area contributed by atoms with Crippen LogP contribution in [0.3, 0.4) is 0 Å². The van der Waals surface area contributed by atoms with Crippen molar-refractivity contribution in [3.05, 3.63) is 0 Å². The van der Waals surface area contributed by atoms with Crippen molar-refractivity contribution in [3.8, 4) is 0 Å². The fourth-order valence-electron chi connectivity index (χ4n) is 1.26. The molecule has 2 heteroatoms. The average molecular weight is 116 g/mol. The zero-order valence-corrected chi connectivity index (χ0v) is 5.14. The van der Waals surface area contributed by atoms with Gasteiger partial charge in [-0.3, -0.25) is 0 Å². The maximum Gasteiger partial charge on any atom is 0.0768 e. The van der Waals surface area contributed by atoms with Crippen LogP contribution in [-0.4, -0.2) is 18.3 Å². The summed E-state index contributed by atoms with van der Waals surface area (Å²) < 4.78 is 0. The van der Waals surface area contributed by atoms with Crippen LogP contribution in [0.1, 0.15) is 12.8 Å². The van der Waals surface area contributed by atoms with E-state index in [4.69, 9.17) is 5.11 Å². The molecule has 8 heavy (non-hydrogen) atoms. The summed E-state index contributed by atoms with van der Waals surface area (Å²) in [6.07, 6.45) is 2.42. The molecule has 0 amide bonds. The number of aliphatic hydroxyl groups excluding tert-OH is 1. The first-order chi connectivity index (χ1) is 3.86. The summed E-state index contributed by atoms with van der Waals surface area (Å²) >= 11 is 0. The summed E-state index contributed by atoms with van der Waals surface area (Å²) in [7, 11) is 0. The van der Waals surface area contributed by atoms with Crippen molar-refractivity contribution in [1.82, 2.24) is 0 Å². The second-order valence-corrected chi connectivity index (χ2v) is 2.67. The van der Waals surface area contributed by atoms with Crippen LogP contribution >= 0.6 is 0 Å². The molecule has 1 saturated carbocycles. The van der Waals surface area contributed by atoms with Crippen LogP contribution < -0.4 is 5.73 Å². The summed E-state index contributed by atoms with van der Waals surface area (Å²) in [6, 6.07) is 0. The van der Waals surface area contributed by atoms with E-state index in [9.17, 15) is 0 Å². The molecule has 0 aliphatic heterocycles. The summed E-state index contributed by atoms with van der Waals surface area (Å²) in [5, 5.41) is 8.58. The fourth-order valence-corrected chi connectivity index (χ4v) is 1.26. The lowest BCUT2D eigenvalue weighted by atomic mass is 9.75. The van der Waals surface area contributed by atoms with Gasteiger partial charge in [0, 0.05) is 12.5 Å². The second-order valence-electron chi connectivity index (χ2n) is 2.67. The summed E-state index contributed by atoms with van der Waals surface area (Å²) in [5.74, 6) is 1.44. The molecule has 1 aliphatic rings. The van der Waals surface area contributed by atoms with Gasteiger partial charge in [0.05, 0.1) is 6.54 Å². The minimum atomic E-state index is 0.385. The summed E-state index contributed by atoms with van der Waals surface area (Å²) in [6.45, 7) is 1.44. The minimum Gasteiger partial charge on any atom is -0.396 e. The number of hydrogen-bond acceptors (Lipinski definition) is 1. The fraction of sp³-hybridized carbons (Fsp3) is 1.00. The van der Waals surface area contributed by atoms with Crippen molar-refractivity contribution >= 4 is 0 Å². The Labute approximate surface area is 49.7 Å². The Kier molecular flexibility index (Phi) is 1.86. The molecule has 0 saturated heterocycles. The third kappa shape index (κ3) is 1.01. The molecule has 4 N–H and O–H groups in total. The van der Waals surface area contributed by atoms with E-state index in [1.54, 1.807) is 0 Å². The third-order valence-electron chi connectivity index (χ3n) is 2.00. The van der Waals surface area contributed by atoms with E-state index in [2.05, 4.69) is 5.73 Å². The molecule has 0 unspecified atom stereocenters. The van der Waals surface area contributed by atoms with Crippen LogP contribution in [0.5, 0.6) is 0 Å². The van der Waals surface area contributed by atoms with Crippen molar-refractivity contribution in [2.24, 2.45) is 11.8 Å². The molecule has 1 rings (SSSR count). The number of rotatable bonds is 2. The van der Waals surface area contributed by atoms with E-state index < -0.39 is 0 Å². The van der Waals surface area contributed by atoms with Crippen LogP contribution in [0, 0.1) is 11.8 Å². The molecule has 48 valence electrons. The van der Waals surface area contributed by atoms with Gasteiger partial charge in [0.2, 0.25) is 0 Å². The first-order valence-electron chi connectivity index (χ1n) is 3.27. The Morgan fingerprint density at radius 3 is 2.38 bits per heavy atom. The van der Waals surface area contributed by atoms with E-state index in [1.807, 2.05) is 0 Å². The van der Waals surface area contributed by atoms with Gasteiger partial charge in [-0.25, -0.2) is 0 Å². The van der Waals surface area contributed by atoms with E-state index in [0.29, 0.717) is 12.5 Å². The Bertz CT molecular complexity index is 60.9. The van der Waals surface area contributed by atoms with Crippen LogP contribution in [-0.2, 0) is 0 Å². The Hall–Kier alpha value is -0.0800. The summed E-state index contributed by atoms with van der Waals surface area (Å²) in [4.78, 5) is 0. The monoisotopic (exact) mass is 116 g/mol. The van der Waals surface area contributed by atoms with Gasteiger partial charge in [0.1, 0.15) is 0 Å². The first kappa shape index (κ1) is 6.05. The molecule has 0 aromatic rings. The topological polar surface area (TPSA) is 47.9 Å². The quantitative estimate of drug-likeness (QED) is 0.490. The van der Waals surface area contributed by atoms with Gasteiger partial charge in [-0.05, 0) is 18.8 Å². The molecule has 0 atom stereocenters. The molecule has 0 aromatic heterocycles. The molecule has 0 spiro atoms. The van der Waals surface area contributed by atoms with Crippen molar-refractivity contribution in [2.45, 2.75) is 12.8 Å². The maximum absolute atomic E-state index is 8.58. The van der Waals surface area contributed by atoms with Crippen molar-refractivity contribution in [1.29, 1.82) is 0 Å². The number of hydrogen-bond donors (Lipinski definition) is 2. The maximum atomic E-state index is 8.58. The molecule has 2 nitrogen and oxygen atoms in total. The Balaban J connectivity index is 2.03. The van der Waals surface area contributed by atoms with Crippen molar-refractivity contribution < 1.29 is 10.8 Å². The Morgan fingerprint density at radius 2 is 2.00 bits per heavy atom. The zero-order chi connectivity index (χ0) is 5.98. The van der Waals surface area contributed by atoms with E-state index in [-0.39, 0.29) is 0 Å². The van der Waals surface area contributed by atoms with Crippen molar-refractivity contribution in [3.63, 3.8) is 0 Å². The van der Waals surface area contributed by atoms with Gasteiger partial charge >= 0.3 is 0 Å². The van der Waals surface area contributed by atoms with Gasteiger partial charge in [-0.2, -0.15) is 0 Å². The third-order valence-corrected chi connectivity index (χ3v) is 2.00. The zero-order valence-electron chi connectivity index (χ0n) is 5.14. The van der Waals surface area contributed by atoms with Crippen LogP contribution in [0.15, 0.2) is 0 Å². The van der Waals surface area contributed by atoms with Gasteiger partial charge in [-0.1, -0.05) is 0 Å². The van der Waals surface area contributed by atoms with Crippen LogP contribution in [0.4, 0.5) is 0 Å². The molecular formula is C6H14NO+. The lowest BCUT2D eigenvalue weighted by Crippen LogP contribution is -2.56. The molecule has 1 aliphatic carbocycles. The highest BCUT2D eigenvalue weighted by molar-refractivity contribution is 4.77. The van der Waals surface area contributed by atoms with E-state index in [1.165, 1.54) is 12.8 Å². The van der Waals surface area contributed by atoms with Gasteiger partial charge < -0.3 is 10.8 Å². The lowest BCUT2D eigenvalue weighted by molar-refractivity contribution is -0.385. The minimum absolute atomic E-state index is 0.385. The number of aliphatic hydroxyl groups is 1. The van der Waals surface area contributed by atoms with Gasteiger partial charge in [0.15, 0.2) is 0 Å². The Morgan fingerprint density at radius 1 is 1.38 bits per heavy atom. The standard InChI is InChI=1S/C6H13NO/c7-3-5-1-6(2-5)4-8/h5-6,8H,1-4,7H2/p+1. The predicted molar refractivity (Wildman–Crippen MR) is 31.1 cm³/mol. The molecule has 0 bridgehead atoms. The normalized spacial score (nSPS) is 36.8. The van der Waals surface area contributed by atoms with Crippen LogP contribution in [0.2, 0.25) is 0 Å². The molecule has 1 fully saturated rings. The average Bonchev–Trinajstić information content (AvgIpc) is 1.65. The van der Waals surface area contributed by atoms with Gasteiger partial charge in [0.25, 0.3) is 0 Å². The number of quaternary nitrogens is 1. The highest BCUT2D eigenvalue weighted by Gasteiger charge is 2.28. The highest BCUT2D eigenvalue weighted by atomic mass is 16.3. The molecular weight excluding hydrogens is 102 g/mol. The molecule has 0 radical (unpaired) electrons. The van der Waals surface area contributed by atoms with Crippen molar-refractivity contribution in [2.75, 3.05) is 13.2 Å².